The number of aromatic hydroxyl groups is 1. The Morgan fingerprint density at radius 2 is 1.89 bits per heavy atom. The molecule has 0 bridgehead atoms. The van der Waals surface area contributed by atoms with Gasteiger partial charge in [-0.2, -0.15) is 5.26 Å². The van der Waals surface area contributed by atoms with E-state index in [1.54, 1.807) is 42.5 Å². The second kappa shape index (κ2) is 5.44. The van der Waals surface area contributed by atoms with Crippen molar-refractivity contribution >= 4 is 11.6 Å². The molecule has 90 valence electrons. The van der Waals surface area contributed by atoms with Gasteiger partial charge in [-0.1, -0.05) is 23.7 Å². The van der Waals surface area contributed by atoms with Gasteiger partial charge < -0.3 is 9.84 Å². The summed E-state index contributed by atoms with van der Waals surface area (Å²) in [6, 6.07) is 13.6. The minimum Gasteiger partial charge on any atom is -0.508 e. The minimum atomic E-state index is 0.218. The molecule has 18 heavy (non-hydrogen) atoms. The van der Waals surface area contributed by atoms with Crippen LogP contribution in [0.15, 0.2) is 42.5 Å². The topological polar surface area (TPSA) is 53.2 Å². The number of rotatable bonds is 3. The maximum Gasteiger partial charge on any atom is 0.138 e. The molecule has 0 spiro atoms. The first-order valence-electron chi connectivity index (χ1n) is 5.29. The van der Waals surface area contributed by atoms with Crippen molar-refractivity contribution in [3.05, 3.63) is 58.6 Å². The van der Waals surface area contributed by atoms with Crippen LogP contribution in [0.2, 0.25) is 5.02 Å². The number of phenolic OH excluding ortho intramolecular Hbond substituents is 1. The molecule has 0 aliphatic rings. The summed E-state index contributed by atoms with van der Waals surface area (Å²) >= 11 is 5.98. The Bertz CT molecular complexity index is 588. The lowest BCUT2D eigenvalue weighted by Crippen LogP contribution is -1.95. The molecule has 0 aliphatic carbocycles. The van der Waals surface area contributed by atoms with Crippen LogP contribution in [0.1, 0.15) is 11.1 Å². The lowest BCUT2D eigenvalue weighted by molar-refractivity contribution is 0.306. The molecule has 0 saturated carbocycles. The standard InChI is InChI=1S/C14H10ClNO2/c15-13-7-11(8-16)3-6-14(13)18-9-10-1-4-12(17)5-2-10/h1-7,17H,9H2. The molecule has 0 atom stereocenters. The average Bonchev–Trinajstić information content (AvgIpc) is 2.39. The Labute approximate surface area is 110 Å². The van der Waals surface area contributed by atoms with E-state index in [1.807, 2.05) is 6.07 Å². The van der Waals surface area contributed by atoms with E-state index in [2.05, 4.69) is 0 Å². The van der Waals surface area contributed by atoms with Gasteiger partial charge in [0.15, 0.2) is 0 Å². The van der Waals surface area contributed by atoms with E-state index in [0.29, 0.717) is 22.9 Å². The van der Waals surface area contributed by atoms with E-state index < -0.39 is 0 Å². The van der Waals surface area contributed by atoms with Gasteiger partial charge in [0, 0.05) is 0 Å². The van der Waals surface area contributed by atoms with Gasteiger partial charge in [0.05, 0.1) is 16.7 Å². The van der Waals surface area contributed by atoms with E-state index >= 15 is 0 Å². The zero-order valence-electron chi connectivity index (χ0n) is 9.43. The number of halogens is 1. The Morgan fingerprint density at radius 1 is 1.17 bits per heavy atom. The molecule has 2 aromatic carbocycles. The maximum atomic E-state index is 9.15. The van der Waals surface area contributed by atoms with Gasteiger partial charge in [0.25, 0.3) is 0 Å². The minimum absolute atomic E-state index is 0.218. The Balaban J connectivity index is 2.06. The van der Waals surface area contributed by atoms with E-state index in [-0.39, 0.29) is 5.75 Å². The first kappa shape index (κ1) is 12.3. The average molecular weight is 260 g/mol. The fraction of sp³-hybridized carbons (Fsp3) is 0.0714. The number of ether oxygens (including phenoxy) is 1. The molecule has 0 amide bonds. The van der Waals surface area contributed by atoms with Gasteiger partial charge >= 0.3 is 0 Å². The van der Waals surface area contributed by atoms with Crippen molar-refractivity contribution in [2.45, 2.75) is 6.61 Å². The molecule has 0 radical (unpaired) electrons. The largest absolute Gasteiger partial charge is 0.508 e. The quantitative estimate of drug-likeness (QED) is 0.918. The highest BCUT2D eigenvalue weighted by atomic mass is 35.5. The molecule has 0 heterocycles. The third-order valence-electron chi connectivity index (χ3n) is 2.39. The number of hydrogen-bond donors (Lipinski definition) is 1. The van der Waals surface area contributed by atoms with Crippen molar-refractivity contribution in [3.63, 3.8) is 0 Å². The summed E-state index contributed by atoms with van der Waals surface area (Å²) in [5, 5.41) is 18.3. The van der Waals surface area contributed by atoms with Crippen LogP contribution in [0.4, 0.5) is 0 Å². The van der Waals surface area contributed by atoms with Crippen molar-refractivity contribution in [2.24, 2.45) is 0 Å². The summed E-state index contributed by atoms with van der Waals surface area (Å²) in [7, 11) is 0. The van der Waals surface area contributed by atoms with Crippen molar-refractivity contribution in [1.29, 1.82) is 5.26 Å². The molecular formula is C14H10ClNO2. The number of nitriles is 1. The van der Waals surface area contributed by atoms with E-state index in [0.717, 1.165) is 5.56 Å². The highest BCUT2D eigenvalue weighted by Gasteiger charge is 2.03. The number of phenols is 1. The third kappa shape index (κ3) is 2.93. The summed E-state index contributed by atoms with van der Waals surface area (Å²) < 4.78 is 5.54. The van der Waals surface area contributed by atoms with Crippen molar-refractivity contribution in [2.75, 3.05) is 0 Å². The fourth-order valence-electron chi connectivity index (χ4n) is 1.44. The fourth-order valence-corrected chi connectivity index (χ4v) is 1.68. The second-order valence-electron chi connectivity index (χ2n) is 3.71. The van der Waals surface area contributed by atoms with Crippen LogP contribution in [0.5, 0.6) is 11.5 Å². The summed E-state index contributed by atoms with van der Waals surface area (Å²) in [6.07, 6.45) is 0. The molecule has 0 aromatic heterocycles. The first-order valence-corrected chi connectivity index (χ1v) is 5.67. The van der Waals surface area contributed by atoms with Crippen molar-refractivity contribution < 1.29 is 9.84 Å². The Morgan fingerprint density at radius 3 is 2.50 bits per heavy atom. The van der Waals surface area contributed by atoms with E-state index in [1.165, 1.54) is 0 Å². The van der Waals surface area contributed by atoms with Crippen molar-refractivity contribution in [1.82, 2.24) is 0 Å². The zero-order valence-corrected chi connectivity index (χ0v) is 10.2. The summed E-state index contributed by atoms with van der Waals surface area (Å²) in [5.41, 5.74) is 1.42. The molecule has 2 rings (SSSR count). The van der Waals surface area contributed by atoms with E-state index in [9.17, 15) is 0 Å². The van der Waals surface area contributed by atoms with Crippen LogP contribution in [-0.2, 0) is 6.61 Å². The van der Waals surface area contributed by atoms with Crippen LogP contribution in [0, 0.1) is 11.3 Å². The monoisotopic (exact) mass is 259 g/mol. The molecule has 0 fully saturated rings. The molecule has 0 saturated heterocycles. The lowest BCUT2D eigenvalue weighted by Gasteiger charge is -2.08. The van der Waals surface area contributed by atoms with Gasteiger partial charge in [-0.3, -0.25) is 0 Å². The molecule has 2 aromatic rings. The predicted octanol–water partition coefficient (Wildman–Crippen LogP) is 3.50. The molecular weight excluding hydrogens is 250 g/mol. The Hall–Kier alpha value is -2.18. The highest BCUT2D eigenvalue weighted by molar-refractivity contribution is 6.32. The van der Waals surface area contributed by atoms with Crippen LogP contribution in [0.3, 0.4) is 0 Å². The van der Waals surface area contributed by atoms with Gasteiger partial charge in [-0.05, 0) is 35.9 Å². The van der Waals surface area contributed by atoms with Gasteiger partial charge in [-0.15, -0.1) is 0 Å². The zero-order chi connectivity index (χ0) is 13.0. The summed E-state index contributed by atoms with van der Waals surface area (Å²) in [5.74, 6) is 0.749. The lowest BCUT2D eigenvalue weighted by atomic mass is 10.2. The van der Waals surface area contributed by atoms with Crippen LogP contribution in [0.25, 0.3) is 0 Å². The van der Waals surface area contributed by atoms with Crippen LogP contribution >= 0.6 is 11.6 Å². The number of hydrogen-bond acceptors (Lipinski definition) is 3. The second-order valence-corrected chi connectivity index (χ2v) is 4.12. The van der Waals surface area contributed by atoms with E-state index in [4.69, 9.17) is 26.7 Å². The predicted molar refractivity (Wildman–Crippen MR) is 68.6 cm³/mol. The smallest absolute Gasteiger partial charge is 0.138 e. The first-order chi connectivity index (χ1) is 8.69. The van der Waals surface area contributed by atoms with Gasteiger partial charge in [0.1, 0.15) is 18.1 Å². The molecule has 0 aliphatic heterocycles. The summed E-state index contributed by atoms with van der Waals surface area (Å²) in [4.78, 5) is 0. The maximum absolute atomic E-state index is 9.15. The number of nitrogens with zero attached hydrogens (tertiary/aromatic N) is 1. The molecule has 4 heteroatoms. The van der Waals surface area contributed by atoms with Crippen LogP contribution in [-0.4, -0.2) is 5.11 Å². The van der Waals surface area contributed by atoms with Crippen molar-refractivity contribution in [3.8, 4) is 17.6 Å². The molecule has 3 nitrogen and oxygen atoms in total. The SMILES string of the molecule is N#Cc1ccc(OCc2ccc(O)cc2)c(Cl)c1. The Kier molecular flexibility index (Phi) is 3.71. The van der Waals surface area contributed by atoms with Gasteiger partial charge in [-0.25, -0.2) is 0 Å². The summed E-state index contributed by atoms with van der Waals surface area (Å²) in [6.45, 7) is 0.353. The highest BCUT2D eigenvalue weighted by Crippen LogP contribution is 2.26. The molecule has 0 unspecified atom stereocenters. The van der Waals surface area contributed by atoms with Gasteiger partial charge in [0.2, 0.25) is 0 Å². The third-order valence-corrected chi connectivity index (χ3v) is 2.69. The van der Waals surface area contributed by atoms with Crippen LogP contribution < -0.4 is 4.74 Å². The normalized spacial score (nSPS) is 9.78. The molecule has 1 N–H and O–H groups in total. The number of benzene rings is 2.